The van der Waals surface area contributed by atoms with Crippen LogP contribution in [0.15, 0.2) is 0 Å². The smallest absolute Gasteiger partial charge is 0.215 e. The number of carbonyl (C=O) groups excluding carboxylic acids is 2. The molecule has 2 atom stereocenters. The molecular weight excluding hydrogens is 291 g/mol. The van der Waals surface area contributed by atoms with Gasteiger partial charge in [-0.25, -0.2) is 0 Å². The van der Waals surface area contributed by atoms with Crippen LogP contribution in [-0.2, 0) is 14.1 Å². The van der Waals surface area contributed by atoms with Crippen molar-refractivity contribution in [2.45, 2.75) is 76.9 Å². The maximum Gasteiger partial charge on any atom is 0.215 e. The minimum absolute atomic E-state index is 0.165. The summed E-state index contributed by atoms with van der Waals surface area (Å²) in [6, 6.07) is 0. The molecule has 0 aliphatic heterocycles. The molecule has 0 aliphatic rings. The van der Waals surface area contributed by atoms with Gasteiger partial charge in [0.25, 0.3) is 0 Å². The number of ketones is 2. The van der Waals surface area contributed by atoms with Crippen molar-refractivity contribution in [2.24, 2.45) is 0 Å². The van der Waals surface area contributed by atoms with Gasteiger partial charge in [-0.1, -0.05) is 39.5 Å². The SMILES string of the molecule is CCCCCC(=O)C(OP)(C(=O)CCCCC)C(O)CO. The predicted octanol–water partition coefficient (Wildman–Crippen LogP) is 2.18. The third-order valence-electron chi connectivity index (χ3n) is 3.67. The number of unbranched alkanes of at least 4 members (excludes halogenated alkanes) is 4. The number of hydrogen-bond acceptors (Lipinski definition) is 5. The number of hydrogen-bond donors (Lipinski definition) is 2. The fourth-order valence-electron chi connectivity index (χ4n) is 2.31. The highest BCUT2D eigenvalue weighted by Gasteiger charge is 2.50. The van der Waals surface area contributed by atoms with Gasteiger partial charge in [0.2, 0.25) is 5.60 Å². The minimum Gasteiger partial charge on any atom is -0.394 e. The summed E-state index contributed by atoms with van der Waals surface area (Å²) in [5.74, 6) is -0.900. The molecule has 21 heavy (non-hydrogen) atoms. The van der Waals surface area contributed by atoms with E-state index in [4.69, 9.17) is 4.52 Å². The van der Waals surface area contributed by atoms with Crippen LogP contribution < -0.4 is 0 Å². The Morgan fingerprint density at radius 1 is 1.05 bits per heavy atom. The molecule has 6 heteroatoms. The van der Waals surface area contributed by atoms with E-state index < -0.39 is 29.9 Å². The van der Waals surface area contributed by atoms with Crippen LogP contribution in [0.5, 0.6) is 0 Å². The predicted molar refractivity (Wildman–Crippen MR) is 84.9 cm³/mol. The topological polar surface area (TPSA) is 83.8 Å². The molecule has 124 valence electrons. The van der Waals surface area contributed by atoms with Crippen molar-refractivity contribution in [3.63, 3.8) is 0 Å². The van der Waals surface area contributed by atoms with E-state index in [2.05, 4.69) is 0 Å². The first kappa shape index (κ1) is 20.6. The Hall–Kier alpha value is -0.350. The lowest BCUT2D eigenvalue weighted by atomic mass is 9.83. The average molecular weight is 320 g/mol. The summed E-state index contributed by atoms with van der Waals surface area (Å²) in [6.07, 6.45) is 3.74. The quantitative estimate of drug-likeness (QED) is 0.309. The van der Waals surface area contributed by atoms with Crippen molar-refractivity contribution in [3.05, 3.63) is 0 Å². The molecule has 2 N–H and O–H groups in total. The Balaban J connectivity index is 5.05. The molecule has 0 aliphatic carbocycles. The number of aliphatic hydroxyl groups is 2. The van der Waals surface area contributed by atoms with E-state index in [-0.39, 0.29) is 12.8 Å². The van der Waals surface area contributed by atoms with Gasteiger partial charge in [0.1, 0.15) is 6.10 Å². The monoisotopic (exact) mass is 320 g/mol. The van der Waals surface area contributed by atoms with Gasteiger partial charge in [-0.05, 0) is 12.8 Å². The first-order valence-corrected chi connectivity index (χ1v) is 8.21. The zero-order chi connectivity index (χ0) is 16.3. The van der Waals surface area contributed by atoms with Crippen LogP contribution in [-0.4, -0.2) is 40.1 Å². The Bertz CT molecular complexity index is 297. The van der Waals surface area contributed by atoms with Gasteiger partial charge in [0.05, 0.1) is 6.61 Å². The van der Waals surface area contributed by atoms with Gasteiger partial charge in [0, 0.05) is 22.3 Å². The van der Waals surface area contributed by atoms with Crippen molar-refractivity contribution in [1.29, 1.82) is 0 Å². The van der Waals surface area contributed by atoms with Crippen LogP contribution in [0.4, 0.5) is 0 Å². The van der Waals surface area contributed by atoms with E-state index in [1.54, 1.807) is 0 Å². The van der Waals surface area contributed by atoms with Crippen LogP contribution in [0.3, 0.4) is 0 Å². The molecule has 0 saturated heterocycles. The van der Waals surface area contributed by atoms with Gasteiger partial charge in [-0.3, -0.25) is 9.59 Å². The van der Waals surface area contributed by atoms with E-state index in [1.807, 2.05) is 23.3 Å². The third kappa shape index (κ3) is 5.74. The van der Waals surface area contributed by atoms with Gasteiger partial charge in [-0.2, -0.15) is 0 Å². The Kier molecular flexibility index (Phi) is 11.1. The maximum absolute atomic E-state index is 12.4. The second kappa shape index (κ2) is 11.2. The number of carbonyl (C=O) groups is 2. The Morgan fingerprint density at radius 3 is 1.76 bits per heavy atom. The first-order chi connectivity index (χ1) is 10.0. The van der Waals surface area contributed by atoms with Gasteiger partial charge >= 0.3 is 0 Å². The van der Waals surface area contributed by atoms with E-state index in [1.165, 1.54) is 0 Å². The van der Waals surface area contributed by atoms with Crippen LogP contribution >= 0.6 is 9.47 Å². The maximum atomic E-state index is 12.4. The first-order valence-electron chi connectivity index (χ1n) is 7.74. The standard InChI is InChI=1S/C15H29O5P/c1-3-5-7-9-12(17)15(20-21,14(19)11-16)13(18)10-8-6-4-2/h14,16,19H,3-11,21H2,1-2H3. The fourth-order valence-corrected chi connectivity index (χ4v) is 2.73. The highest BCUT2D eigenvalue weighted by Crippen LogP contribution is 2.27. The third-order valence-corrected chi connectivity index (χ3v) is 4.04. The molecule has 0 radical (unpaired) electrons. The van der Waals surface area contributed by atoms with E-state index in [9.17, 15) is 19.8 Å². The van der Waals surface area contributed by atoms with E-state index in [0.29, 0.717) is 12.8 Å². The van der Waals surface area contributed by atoms with Crippen molar-refractivity contribution >= 4 is 21.0 Å². The highest BCUT2D eigenvalue weighted by atomic mass is 31.0. The summed E-state index contributed by atoms with van der Waals surface area (Å²) in [5.41, 5.74) is -1.94. The molecule has 0 aromatic carbocycles. The molecule has 0 saturated carbocycles. The Labute approximate surface area is 129 Å². The Morgan fingerprint density at radius 2 is 1.48 bits per heavy atom. The van der Waals surface area contributed by atoms with Gasteiger partial charge in [-0.15, -0.1) is 0 Å². The van der Waals surface area contributed by atoms with Crippen molar-refractivity contribution in [2.75, 3.05) is 6.61 Å². The van der Waals surface area contributed by atoms with Crippen LogP contribution in [0.1, 0.15) is 65.2 Å². The molecule has 0 rings (SSSR count). The summed E-state index contributed by atoms with van der Waals surface area (Å²) in [4.78, 5) is 24.8. The summed E-state index contributed by atoms with van der Waals surface area (Å²) in [6.45, 7) is 3.35. The molecule has 0 spiro atoms. The zero-order valence-electron chi connectivity index (χ0n) is 13.1. The molecule has 0 bridgehead atoms. The van der Waals surface area contributed by atoms with Crippen LogP contribution in [0.2, 0.25) is 0 Å². The second-order valence-corrected chi connectivity index (χ2v) is 5.55. The number of aliphatic hydroxyl groups excluding tert-OH is 2. The zero-order valence-corrected chi connectivity index (χ0v) is 14.3. The van der Waals surface area contributed by atoms with E-state index in [0.717, 1.165) is 25.7 Å². The molecule has 0 fully saturated rings. The normalized spacial score (nSPS) is 13.2. The lowest BCUT2D eigenvalue weighted by Gasteiger charge is -2.33. The molecule has 0 heterocycles. The fraction of sp³-hybridized carbons (Fsp3) is 0.867. The second-order valence-electron chi connectivity index (χ2n) is 5.31. The number of Topliss-reactive ketones (excluding diaryl/α,β-unsaturated/α-hetero) is 2. The average Bonchev–Trinajstić information content (AvgIpc) is 2.48. The van der Waals surface area contributed by atoms with Crippen molar-refractivity contribution < 1.29 is 24.3 Å². The van der Waals surface area contributed by atoms with Crippen LogP contribution in [0.25, 0.3) is 0 Å². The summed E-state index contributed by atoms with van der Waals surface area (Å²) in [7, 11) is 1.90. The molecular formula is C15H29O5P. The highest BCUT2D eigenvalue weighted by molar-refractivity contribution is 7.10. The number of rotatable bonds is 13. The lowest BCUT2D eigenvalue weighted by molar-refractivity contribution is -0.160. The van der Waals surface area contributed by atoms with Crippen LogP contribution in [0, 0.1) is 0 Å². The van der Waals surface area contributed by atoms with Crippen molar-refractivity contribution in [3.8, 4) is 0 Å². The largest absolute Gasteiger partial charge is 0.394 e. The molecule has 0 aromatic heterocycles. The van der Waals surface area contributed by atoms with Crippen molar-refractivity contribution in [1.82, 2.24) is 0 Å². The lowest BCUT2D eigenvalue weighted by Crippen LogP contribution is -2.57. The minimum atomic E-state index is -1.94. The molecule has 0 amide bonds. The molecule has 5 nitrogen and oxygen atoms in total. The summed E-state index contributed by atoms with van der Waals surface area (Å²) < 4.78 is 5.08. The summed E-state index contributed by atoms with van der Waals surface area (Å²) in [5, 5.41) is 19.2. The van der Waals surface area contributed by atoms with Gasteiger partial charge < -0.3 is 14.7 Å². The van der Waals surface area contributed by atoms with E-state index >= 15 is 0 Å². The van der Waals surface area contributed by atoms with Gasteiger partial charge in [0.15, 0.2) is 11.6 Å². The summed E-state index contributed by atoms with van der Waals surface area (Å²) >= 11 is 0. The molecule has 2 unspecified atom stereocenters. The molecule has 0 aromatic rings.